The van der Waals surface area contributed by atoms with Crippen LogP contribution in [0.4, 0.5) is 5.82 Å². The predicted molar refractivity (Wildman–Crippen MR) is 57.5 cm³/mol. The lowest BCUT2D eigenvalue weighted by Crippen LogP contribution is -2.07. The molecule has 4 heteroatoms. The van der Waals surface area contributed by atoms with E-state index >= 15 is 0 Å². The van der Waals surface area contributed by atoms with Crippen molar-refractivity contribution in [1.29, 1.82) is 0 Å². The van der Waals surface area contributed by atoms with E-state index in [9.17, 15) is 0 Å². The molecule has 0 aromatic carbocycles. The second kappa shape index (κ2) is 4.13. The van der Waals surface area contributed by atoms with E-state index in [1.54, 1.807) is 18.9 Å². The first kappa shape index (κ1) is 9.71. The highest BCUT2D eigenvalue weighted by atomic mass is 16.3. The maximum Gasteiger partial charge on any atom is 0.130 e. The quantitative estimate of drug-likeness (QED) is 0.832. The van der Waals surface area contributed by atoms with Gasteiger partial charge >= 0.3 is 0 Å². The van der Waals surface area contributed by atoms with Crippen LogP contribution in [-0.4, -0.2) is 9.97 Å². The van der Waals surface area contributed by atoms with Gasteiger partial charge in [-0.15, -0.1) is 0 Å². The van der Waals surface area contributed by atoms with E-state index in [4.69, 9.17) is 4.42 Å². The summed E-state index contributed by atoms with van der Waals surface area (Å²) in [5.74, 6) is 0.830. The summed E-state index contributed by atoms with van der Waals surface area (Å²) in [6, 6.07) is 4.03. The summed E-state index contributed by atoms with van der Waals surface area (Å²) >= 11 is 0. The number of hydrogen-bond donors (Lipinski definition) is 1. The maximum absolute atomic E-state index is 5.02. The minimum atomic E-state index is 0.179. The van der Waals surface area contributed by atoms with Crippen molar-refractivity contribution in [2.75, 3.05) is 5.32 Å². The minimum absolute atomic E-state index is 0.179. The molecule has 0 fully saturated rings. The first-order valence-electron chi connectivity index (χ1n) is 4.83. The van der Waals surface area contributed by atoms with Gasteiger partial charge in [-0.1, -0.05) is 0 Å². The monoisotopic (exact) mass is 203 g/mol. The maximum atomic E-state index is 5.02. The molecule has 1 unspecified atom stereocenters. The van der Waals surface area contributed by atoms with Gasteiger partial charge in [0.25, 0.3) is 0 Å². The van der Waals surface area contributed by atoms with Crippen molar-refractivity contribution < 1.29 is 4.42 Å². The molecule has 0 spiro atoms. The van der Waals surface area contributed by atoms with Crippen molar-refractivity contribution in [2.24, 2.45) is 0 Å². The lowest BCUT2D eigenvalue weighted by Gasteiger charge is -2.12. The van der Waals surface area contributed by atoms with Crippen molar-refractivity contribution in [3.63, 3.8) is 0 Å². The van der Waals surface area contributed by atoms with Crippen LogP contribution in [0.5, 0.6) is 0 Å². The van der Waals surface area contributed by atoms with Gasteiger partial charge in [-0.25, -0.2) is 9.97 Å². The molecule has 0 amide bonds. The zero-order valence-corrected chi connectivity index (χ0v) is 8.77. The molecule has 0 radical (unpaired) electrons. The van der Waals surface area contributed by atoms with Crippen LogP contribution in [0.3, 0.4) is 0 Å². The average Bonchev–Trinajstić information content (AvgIpc) is 2.70. The highest BCUT2D eigenvalue weighted by Gasteiger charge is 2.06. The Labute approximate surface area is 88.4 Å². The second-order valence-corrected chi connectivity index (χ2v) is 3.47. The highest BCUT2D eigenvalue weighted by molar-refractivity contribution is 5.37. The molecule has 0 saturated heterocycles. The summed E-state index contributed by atoms with van der Waals surface area (Å²) in [6.07, 6.45) is 4.95. The third-order valence-corrected chi connectivity index (χ3v) is 2.21. The first-order chi connectivity index (χ1) is 7.25. The predicted octanol–water partition coefficient (Wildman–Crippen LogP) is 2.55. The third kappa shape index (κ3) is 2.34. The molecule has 0 bridgehead atoms. The summed E-state index contributed by atoms with van der Waals surface area (Å²) in [6.45, 7) is 4.00. The van der Waals surface area contributed by atoms with E-state index in [1.165, 1.54) is 0 Å². The summed E-state index contributed by atoms with van der Waals surface area (Å²) in [7, 11) is 0. The number of anilines is 1. The van der Waals surface area contributed by atoms with Gasteiger partial charge in [-0.05, 0) is 19.9 Å². The molecule has 1 N–H and O–H groups in total. The number of hydrogen-bond acceptors (Lipinski definition) is 4. The van der Waals surface area contributed by atoms with Crippen LogP contribution in [0.25, 0.3) is 0 Å². The number of furan rings is 1. The van der Waals surface area contributed by atoms with Crippen LogP contribution in [-0.2, 0) is 0 Å². The zero-order chi connectivity index (χ0) is 10.7. The molecule has 0 aliphatic carbocycles. The van der Waals surface area contributed by atoms with Crippen LogP contribution >= 0.6 is 0 Å². The molecule has 0 aliphatic rings. The van der Waals surface area contributed by atoms with Crippen LogP contribution in [0, 0.1) is 6.92 Å². The number of aromatic nitrogens is 2. The standard InChI is InChI=1S/C11H13N3O/c1-8-5-11(13-7-12-8)14-9(2)10-3-4-15-6-10/h3-7,9H,1-2H3,(H,12,13,14). The van der Waals surface area contributed by atoms with Gasteiger partial charge in [0.2, 0.25) is 0 Å². The van der Waals surface area contributed by atoms with Gasteiger partial charge in [-0.3, -0.25) is 0 Å². The van der Waals surface area contributed by atoms with Crippen LogP contribution in [0.2, 0.25) is 0 Å². The SMILES string of the molecule is Cc1cc(NC(C)c2ccoc2)ncn1. The largest absolute Gasteiger partial charge is 0.472 e. The van der Waals surface area contributed by atoms with Crippen LogP contribution in [0.15, 0.2) is 35.4 Å². The first-order valence-corrected chi connectivity index (χ1v) is 4.83. The molecule has 1 atom stereocenters. The van der Waals surface area contributed by atoms with Gasteiger partial charge < -0.3 is 9.73 Å². The Morgan fingerprint density at radius 1 is 1.40 bits per heavy atom. The smallest absolute Gasteiger partial charge is 0.130 e. The topological polar surface area (TPSA) is 51.0 Å². The molecule has 2 rings (SSSR count). The Balaban J connectivity index is 2.09. The zero-order valence-electron chi connectivity index (χ0n) is 8.77. The van der Waals surface area contributed by atoms with E-state index in [0.29, 0.717) is 0 Å². The van der Waals surface area contributed by atoms with Gasteiger partial charge in [0.05, 0.1) is 18.6 Å². The van der Waals surface area contributed by atoms with Gasteiger partial charge in [0.15, 0.2) is 0 Å². The van der Waals surface area contributed by atoms with E-state index in [0.717, 1.165) is 17.1 Å². The summed E-state index contributed by atoms with van der Waals surface area (Å²) in [5, 5.41) is 3.27. The van der Waals surface area contributed by atoms with Gasteiger partial charge in [-0.2, -0.15) is 0 Å². The third-order valence-electron chi connectivity index (χ3n) is 2.21. The Morgan fingerprint density at radius 3 is 2.93 bits per heavy atom. The Hall–Kier alpha value is -1.84. The van der Waals surface area contributed by atoms with E-state index in [1.807, 2.05) is 19.1 Å². The molecular weight excluding hydrogens is 190 g/mol. The average molecular weight is 203 g/mol. The molecule has 0 saturated carbocycles. The molecule has 4 nitrogen and oxygen atoms in total. The number of nitrogens with zero attached hydrogens (tertiary/aromatic N) is 2. The number of nitrogens with one attached hydrogen (secondary N) is 1. The van der Waals surface area contributed by atoms with E-state index in [2.05, 4.69) is 22.2 Å². The molecular formula is C11H13N3O. The molecule has 78 valence electrons. The molecule has 2 aromatic rings. The van der Waals surface area contributed by atoms with Crippen molar-refractivity contribution in [3.05, 3.63) is 42.2 Å². The van der Waals surface area contributed by atoms with Gasteiger partial charge in [0, 0.05) is 17.3 Å². The second-order valence-electron chi connectivity index (χ2n) is 3.47. The minimum Gasteiger partial charge on any atom is -0.472 e. The van der Waals surface area contributed by atoms with Crippen molar-refractivity contribution in [2.45, 2.75) is 19.9 Å². The molecule has 2 aromatic heterocycles. The lowest BCUT2D eigenvalue weighted by molar-refractivity contribution is 0.562. The fraction of sp³-hybridized carbons (Fsp3) is 0.273. The van der Waals surface area contributed by atoms with Crippen molar-refractivity contribution in [3.8, 4) is 0 Å². The lowest BCUT2D eigenvalue weighted by atomic mass is 10.2. The summed E-state index contributed by atoms with van der Waals surface area (Å²) in [5.41, 5.74) is 2.05. The number of rotatable bonds is 3. The van der Waals surface area contributed by atoms with Gasteiger partial charge in [0.1, 0.15) is 12.1 Å². The highest BCUT2D eigenvalue weighted by Crippen LogP contribution is 2.17. The summed E-state index contributed by atoms with van der Waals surface area (Å²) in [4.78, 5) is 8.18. The molecule has 15 heavy (non-hydrogen) atoms. The van der Waals surface area contributed by atoms with Crippen molar-refractivity contribution in [1.82, 2.24) is 9.97 Å². The summed E-state index contributed by atoms with van der Waals surface area (Å²) < 4.78 is 5.02. The normalized spacial score (nSPS) is 12.4. The number of aryl methyl sites for hydroxylation is 1. The Kier molecular flexibility index (Phi) is 2.67. The Bertz CT molecular complexity index is 425. The van der Waals surface area contributed by atoms with E-state index < -0.39 is 0 Å². The van der Waals surface area contributed by atoms with Crippen molar-refractivity contribution >= 4 is 5.82 Å². The van der Waals surface area contributed by atoms with E-state index in [-0.39, 0.29) is 6.04 Å². The van der Waals surface area contributed by atoms with Crippen LogP contribution in [0.1, 0.15) is 24.2 Å². The molecule has 0 aliphatic heterocycles. The Morgan fingerprint density at radius 2 is 2.27 bits per heavy atom. The fourth-order valence-corrected chi connectivity index (χ4v) is 1.36. The fourth-order valence-electron chi connectivity index (χ4n) is 1.36. The molecule has 2 heterocycles. The van der Waals surface area contributed by atoms with Crippen LogP contribution < -0.4 is 5.32 Å².